The van der Waals surface area contributed by atoms with Crippen molar-refractivity contribution in [2.24, 2.45) is 11.7 Å². The van der Waals surface area contributed by atoms with Gasteiger partial charge < -0.3 is 10.6 Å². The summed E-state index contributed by atoms with van der Waals surface area (Å²) < 4.78 is 0. The highest BCUT2D eigenvalue weighted by molar-refractivity contribution is 5.81. The lowest BCUT2D eigenvalue weighted by Gasteiger charge is -2.33. The van der Waals surface area contributed by atoms with E-state index in [0.29, 0.717) is 0 Å². The number of hydrogen-bond acceptors (Lipinski definition) is 2. The van der Waals surface area contributed by atoms with Crippen molar-refractivity contribution in [3.05, 3.63) is 35.4 Å². The number of aryl methyl sites for hydroxylation is 2. The second-order valence-corrected chi connectivity index (χ2v) is 6.31. The van der Waals surface area contributed by atoms with Crippen molar-refractivity contribution in [2.45, 2.75) is 52.0 Å². The third-order valence-electron chi connectivity index (χ3n) is 4.65. The van der Waals surface area contributed by atoms with E-state index in [2.05, 4.69) is 31.2 Å². The maximum absolute atomic E-state index is 12.0. The molecule has 1 amide bonds. The molecule has 0 aromatic heterocycles. The topological polar surface area (TPSA) is 46.3 Å². The summed E-state index contributed by atoms with van der Waals surface area (Å²) in [5.41, 5.74) is 8.58. The van der Waals surface area contributed by atoms with Gasteiger partial charge in [0.2, 0.25) is 5.91 Å². The molecule has 0 spiro atoms. The van der Waals surface area contributed by atoms with Gasteiger partial charge >= 0.3 is 0 Å². The molecule has 2 rings (SSSR count). The predicted octanol–water partition coefficient (Wildman–Crippen LogP) is 2.90. The zero-order chi connectivity index (χ0) is 15.2. The lowest BCUT2D eigenvalue weighted by molar-refractivity contribution is -0.134. The Morgan fingerprint density at radius 1 is 1.29 bits per heavy atom. The summed E-state index contributed by atoms with van der Waals surface area (Å²) in [6, 6.07) is 8.52. The lowest BCUT2D eigenvalue weighted by Crippen LogP contribution is -2.46. The normalized spacial score (nSPS) is 17.8. The van der Waals surface area contributed by atoms with Crippen LogP contribution in [-0.2, 0) is 11.2 Å². The molecule has 0 unspecified atom stereocenters. The molecule has 1 aliphatic rings. The number of piperidine rings is 1. The number of rotatable bonds is 5. The van der Waals surface area contributed by atoms with Crippen LogP contribution in [0.1, 0.15) is 43.7 Å². The quantitative estimate of drug-likeness (QED) is 0.905. The number of nitrogens with two attached hydrogens (primary N) is 1. The van der Waals surface area contributed by atoms with Crippen molar-refractivity contribution in [3.8, 4) is 0 Å². The Morgan fingerprint density at radius 3 is 2.48 bits per heavy atom. The minimum Gasteiger partial charge on any atom is -0.341 e. The van der Waals surface area contributed by atoms with Crippen molar-refractivity contribution >= 4 is 5.91 Å². The molecule has 1 fully saturated rings. The fourth-order valence-corrected chi connectivity index (χ4v) is 2.98. The van der Waals surface area contributed by atoms with Crippen molar-refractivity contribution in [1.29, 1.82) is 0 Å². The van der Waals surface area contributed by atoms with Gasteiger partial charge in [0.05, 0.1) is 6.04 Å². The van der Waals surface area contributed by atoms with Gasteiger partial charge in [-0.1, -0.05) is 36.8 Å². The molecule has 1 atom stereocenters. The number of hydrogen-bond donors (Lipinski definition) is 1. The third kappa shape index (κ3) is 4.57. The van der Waals surface area contributed by atoms with E-state index in [1.165, 1.54) is 17.5 Å². The number of benzene rings is 1. The summed E-state index contributed by atoms with van der Waals surface area (Å²) in [5.74, 6) is 0.877. The Hall–Kier alpha value is -1.35. The average molecular weight is 288 g/mol. The van der Waals surface area contributed by atoms with Crippen molar-refractivity contribution in [3.63, 3.8) is 0 Å². The molecule has 0 aliphatic carbocycles. The van der Waals surface area contributed by atoms with Gasteiger partial charge in [-0.05, 0) is 50.5 Å². The molecule has 1 aliphatic heterocycles. The highest BCUT2D eigenvalue weighted by atomic mass is 16.2. The summed E-state index contributed by atoms with van der Waals surface area (Å²) in [5, 5.41) is 0. The molecule has 1 aromatic rings. The maximum Gasteiger partial charge on any atom is 0.239 e. The van der Waals surface area contributed by atoms with Crippen LogP contribution in [0, 0.1) is 12.8 Å². The van der Waals surface area contributed by atoms with Crippen LogP contribution in [0.5, 0.6) is 0 Å². The van der Waals surface area contributed by atoms with E-state index in [1.807, 2.05) is 11.8 Å². The summed E-state index contributed by atoms with van der Waals surface area (Å²) in [7, 11) is 0. The monoisotopic (exact) mass is 288 g/mol. The fraction of sp³-hybridized carbons (Fsp3) is 0.611. The molecule has 1 saturated heterocycles. The van der Waals surface area contributed by atoms with Gasteiger partial charge in [0.15, 0.2) is 0 Å². The second-order valence-electron chi connectivity index (χ2n) is 6.31. The van der Waals surface area contributed by atoms with Crippen LogP contribution in [0.15, 0.2) is 24.3 Å². The van der Waals surface area contributed by atoms with Crippen molar-refractivity contribution < 1.29 is 4.79 Å². The Labute approximate surface area is 128 Å². The second kappa shape index (κ2) is 7.60. The Kier molecular flexibility index (Phi) is 5.80. The first kappa shape index (κ1) is 16.0. The van der Waals surface area contributed by atoms with E-state index < -0.39 is 0 Å². The number of carbonyl (C=O) groups excluding carboxylic acids is 1. The smallest absolute Gasteiger partial charge is 0.239 e. The number of likely N-dealkylation sites (tertiary alicyclic amines) is 1. The van der Waals surface area contributed by atoms with Crippen LogP contribution < -0.4 is 5.73 Å². The van der Waals surface area contributed by atoms with Crippen molar-refractivity contribution in [1.82, 2.24) is 4.90 Å². The van der Waals surface area contributed by atoms with Gasteiger partial charge in [0, 0.05) is 13.1 Å². The minimum atomic E-state index is -0.311. The Morgan fingerprint density at radius 2 is 1.90 bits per heavy atom. The molecule has 116 valence electrons. The summed E-state index contributed by atoms with van der Waals surface area (Å²) >= 11 is 0. The molecular weight excluding hydrogens is 260 g/mol. The van der Waals surface area contributed by atoms with E-state index in [-0.39, 0.29) is 11.9 Å². The van der Waals surface area contributed by atoms with E-state index in [4.69, 9.17) is 5.73 Å². The third-order valence-corrected chi connectivity index (χ3v) is 4.65. The molecule has 0 saturated carbocycles. The van der Waals surface area contributed by atoms with Gasteiger partial charge in [-0.25, -0.2) is 0 Å². The van der Waals surface area contributed by atoms with Crippen LogP contribution >= 0.6 is 0 Å². The first-order chi connectivity index (χ1) is 10.1. The van der Waals surface area contributed by atoms with E-state index in [0.717, 1.165) is 44.7 Å². The lowest BCUT2D eigenvalue weighted by atomic mass is 9.90. The van der Waals surface area contributed by atoms with Crippen LogP contribution in [0.2, 0.25) is 0 Å². The van der Waals surface area contributed by atoms with Gasteiger partial charge in [-0.15, -0.1) is 0 Å². The number of amides is 1. The van der Waals surface area contributed by atoms with Crippen LogP contribution in [0.25, 0.3) is 0 Å². The predicted molar refractivity (Wildman–Crippen MR) is 87.1 cm³/mol. The molecule has 0 radical (unpaired) electrons. The van der Waals surface area contributed by atoms with E-state index in [9.17, 15) is 4.79 Å². The summed E-state index contributed by atoms with van der Waals surface area (Å²) in [4.78, 5) is 14.0. The van der Waals surface area contributed by atoms with Gasteiger partial charge in [0.25, 0.3) is 0 Å². The van der Waals surface area contributed by atoms with Gasteiger partial charge in [-0.2, -0.15) is 0 Å². The van der Waals surface area contributed by atoms with E-state index in [1.54, 1.807) is 0 Å². The number of carbonyl (C=O) groups is 1. The van der Waals surface area contributed by atoms with E-state index >= 15 is 0 Å². The van der Waals surface area contributed by atoms with Gasteiger partial charge in [-0.3, -0.25) is 4.79 Å². The van der Waals surface area contributed by atoms with Crippen LogP contribution in [-0.4, -0.2) is 29.9 Å². The maximum atomic E-state index is 12.0. The zero-order valence-corrected chi connectivity index (χ0v) is 13.3. The van der Waals surface area contributed by atoms with Crippen LogP contribution in [0.4, 0.5) is 0 Å². The Bertz CT molecular complexity index is 447. The number of nitrogens with zero attached hydrogens (tertiary/aromatic N) is 1. The fourth-order valence-electron chi connectivity index (χ4n) is 2.98. The molecule has 3 nitrogen and oxygen atoms in total. The average Bonchev–Trinajstić information content (AvgIpc) is 2.53. The van der Waals surface area contributed by atoms with Crippen LogP contribution in [0.3, 0.4) is 0 Å². The highest BCUT2D eigenvalue weighted by Gasteiger charge is 2.25. The molecule has 3 heteroatoms. The summed E-state index contributed by atoms with van der Waals surface area (Å²) in [6.07, 6.45) is 5.34. The molecule has 1 aromatic carbocycles. The zero-order valence-electron chi connectivity index (χ0n) is 13.3. The SMILES string of the molecule is CC[C@@H](N)C(=O)N1CCC(CCc2ccc(C)cc2)CC1. The first-order valence-corrected chi connectivity index (χ1v) is 8.20. The molecule has 2 N–H and O–H groups in total. The molecule has 0 bridgehead atoms. The minimum absolute atomic E-state index is 0.134. The molecule has 21 heavy (non-hydrogen) atoms. The largest absolute Gasteiger partial charge is 0.341 e. The molecular formula is C18H28N2O. The standard InChI is InChI=1S/C18H28N2O/c1-3-17(19)18(21)20-12-10-16(11-13-20)9-8-15-6-4-14(2)5-7-15/h4-7,16-17H,3,8-13,19H2,1-2H3/t17-/m1/s1. The molecule has 1 heterocycles. The first-order valence-electron chi connectivity index (χ1n) is 8.20. The van der Waals surface area contributed by atoms with Gasteiger partial charge in [0.1, 0.15) is 0 Å². The summed E-state index contributed by atoms with van der Waals surface area (Å²) in [6.45, 7) is 5.85. The van der Waals surface area contributed by atoms with Crippen molar-refractivity contribution in [2.75, 3.05) is 13.1 Å². The highest BCUT2D eigenvalue weighted by Crippen LogP contribution is 2.23. The Balaban J connectivity index is 1.74.